The third-order valence-electron chi connectivity index (χ3n) is 1.49. The third-order valence-corrected chi connectivity index (χ3v) is 2.38. The second-order valence-electron chi connectivity index (χ2n) is 2.83. The zero-order valence-corrected chi connectivity index (χ0v) is 9.73. The standard InChI is InChI=1S/C7H10N2O2S.C2H4O2/c1-5(8-10)7(9-11)6-3-2-4-12-6;1-2(3)4/h2-5,8,10-11H,1H3;1H3,(H,3,4). The molecule has 0 aromatic carbocycles. The van der Waals surface area contributed by atoms with Crippen molar-refractivity contribution in [3.05, 3.63) is 22.4 Å². The number of carboxylic acids is 1. The smallest absolute Gasteiger partial charge is 0.300 e. The largest absolute Gasteiger partial charge is 0.481 e. The van der Waals surface area contributed by atoms with Gasteiger partial charge >= 0.3 is 0 Å². The first-order valence-corrected chi connectivity index (χ1v) is 5.25. The highest BCUT2D eigenvalue weighted by molar-refractivity contribution is 7.12. The Morgan fingerprint density at radius 3 is 2.50 bits per heavy atom. The molecule has 0 amide bonds. The summed E-state index contributed by atoms with van der Waals surface area (Å²) >= 11 is 1.46. The molecule has 16 heavy (non-hydrogen) atoms. The van der Waals surface area contributed by atoms with Gasteiger partial charge < -0.3 is 15.5 Å². The van der Waals surface area contributed by atoms with E-state index in [2.05, 4.69) is 5.16 Å². The maximum absolute atomic E-state index is 9.00. The first-order valence-electron chi connectivity index (χ1n) is 4.37. The molecule has 1 unspecified atom stereocenters. The zero-order chi connectivity index (χ0) is 12.6. The van der Waals surface area contributed by atoms with Gasteiger partial charge in [-0.15, -0.1) is 11.3 Å². The Morgan fingerprint density at radius 1 is 1.62 bits per heavy atom. The number of rotatable bonds is 3. The van der Waals surface area contributed by atoms with Gasteiger partial charge in [0.15, 0.2) is 0 Å². The molecule has 1 atom stereocenters. The van der Waals surface area contributed by atoms with Crippen LogP contribution >= 0.6 is 11.3 Å². The van der Waals surface area contributed by atoms with Gasteiger partial charge in [0.1, 0.15) is 5.71 Å². The number of hydrogen-bond acceptors (Lipinski definition) is 6. The van der Waals surface area contributed by atoms with Crippen LogP contribution in [0.4, 0.5) is 0 Å². The average Bonchev–Trinajstić information content (AvgIpc) is 2.71. The van der Waals surface area contributed by atoms with Gasteiger partial charge in [-0.05, 0) is 18.4 Å². The SMILES string of the molecule is CC(=O)O.CC(NO)C(=NO)c1cccs1. The maximum atomic E-state index is 9.00. The van der Waals surface area contributed by atoms with E-state index in [4.69, 9.17) is 20.3 Å². The molecule has 0 aliphatic heterocycles. The second kappa shape index (κ2) is 7.80. The van der Waals surface area contributed by atoms with Gasteiger partial charge in [0, 0.05) is 6.92 Å². The highest BCUT2D eigenvalue weighted by atomic mass is 32.1. The van der Waals surface area contributed by atoms with Crippen molar-refractivity contribution in [2.45, 2.75) is 19.9 Å². The molecule has 4 N–H and O–H groups in total. The lowest BCUT2D eigenvalue weighted by Gasteiger charge is -2.08. The van der Waals surface area contributed by atoms with Crippen molar-refractivity contribution >= 4 is 23.0 Å². The molecular weight excluding hydrogens is 232 g/mol. The first kappa shape index (κ1) is 14.6. The number of hydrogen-bond donors (Lipinski definition) is 4. The van der Waals surface area contributed by atoms with Gasteiger partial charge in [0.25, 0.3) is 5.97 Å². The molecule has 1 aromatic heterocycles. The molecule has 0 aliphatic carbocycles. The lowest BCUT2D eigenvalue weighted by molar-refractivity contribution is -0.134. The highest BCUT2D eigenvalue weighted by Crippen LogP contribution is 2.11. The molecule has 0 bridgehead atoms. The van der Waals surface area contributed by atoms with E-state index in [0.29, 0.717) is 5.71 Å². The van der Waals surface area contributed by atoms with Crippen LogP contribution in [0.5, 0.6) is 0 Å². The van der Waals surface area contributed by atoms with Gasteiger partial charge in [-0.3, -0.25) is 4.79 Å². The number of carbonyl (C=O) groups is 1. The van der Waals surface area contributed by atoms with Crippen molar-refractivity contribution in [3.63, 3.8) is 0 Å². The summed E-state index contributed by atoms with van der Waals surface area (Å²) in [6.07, 6.45) is 0. The third kappa shape index (κ3) is 5.44. The summed E-state index contributed by atoms with van der Waals surface area (Å²) in [7, 11) is 0. The lowest BCUT2D eigenvalue weighted by Crippen LogP contribution is -2.31. The average molecular weight is 246 g/mol. The van der Waals surface area contributed by atoms with Crippen molar-refractivity contribution in [3.8, 4) is 0 Å². The fourth-order valence-corrected chi connectivity index (χ4v) is 1.63. The second-order valence-corrected chi connectivity index (χ2v) is 3.78. The van der Waals surface area contributed by atoms with Crippen LogP contribution in [0.15, 0.2) is 22.7 Å². The minimum absolute atomic E-state index is 0.367. The molecule has 0 saturated carbocycles. The van der Waals surface area contributed by atoms with Crippen molar-refractivity contribution in [2.75, 3.05) is 0 Å². The van der Waals surface area contributed by atoms with Crippen LogP contribution in [0.1, 0.15) is 18.7 Å². The molecule has 1 heterocycles. The Balaban J connectivity index is 0.000000487. The molecule has 1 aromatic rings. The van der Waals surface area contributed by atoms with Crippen molar-refractivity contribution in [1.82, 2.24) is 5.48 Å². The molecule has 0 aliphatic rings. The summed E-state index contributed by atoms with van der Waals surface area (Å²) in [5.41, 5.74) is 2.46. The van der Waals surface area contributed by atoms with Crippen LogP contribution in [0.3, 0.4) is 0 Å². The number of nitrogens with zero attached hydrogens (tertiary/aromatic N) is 1. The van der Waals surface area contributed by atoms with E-state index in [1.165, 1.54) is 11.3 Å². The molecule has 0 fully saturated rings. The summed E-state index contributed by atoms with van der Waals surface area (Å²) in [5, 5.41) is 29.6. The monoisotopic (exact) mass is 246 g/mol. The predicted molar refractivity (Wildman–Crippen MR) is 60.3 cm³/mol. The lowest BCUT2D eigenvalue weighted by atomic mass is 10.2. The Kier molecular flexibility index (Phi) is 7.10. The van der Waals surface area contributed by atoms with E-state index in [0.717, 1.165) is 11.8 Å². The Hall–Kier alpha value is -1.44. The van der Waals surface area contributed by atoms with Gasteiger partial charge in [-0.2, -0.15) is 5.48 Å². The van der Waals surface area contributed by atoms with Crippen LogP contribution in [-0.4, -0.2) is 33.2 Å². The predicted octanol–water partition coefficient (Wildman–Crippen LogP) is 1.38. The summed E-state index contributed by atoms with van der Waals surface area (Å²) in [5.74, 6) is -0.833. The minimum Gasteiger partial charge on any atom is -0.481 e. The Morgan fingerprint density at radius 2 is 2.19 bits per heavy atom. The molecular formula is C9H14N2O4S. The summed E-state index contributed by atoms with van der Waals surface area (Å²) in [6, 6.07) is 3.32. The fraction of sp³-hybridized carbons (Fsp3) is 0.333. The summed E-state index contributed by atoms with van der Waals surface area (Å²) < 4.78 is 0. The van der Waals surface area contributed by atoms with Gasteiger partial charge in [-0.1, -0.05) is 11.2 Å². The van der Waals surface area contributed by atoms with Gasteiger partial charge in [0.2, 0.25) is 0 Å². The molecule has 1 rings (SSSR count). The van der Waals surface area contributed by atoms with Crippen molar-refractivity contribution < 1.29 is 20.3 Å². The van der Waals surface area contributed by atoms with Gasteiger partial charge in [-0.25, -0.2) is 0 Å². The number of oxime groups is 1. The number of carboxylic acid groups (broad SMARTS) is 1. The first-order chi connectivity index (χ1) is 7.52. The van der Waals surface area contributed by atoms with E-state index in [1.54, 1.807) is 6.92 Å². The van der Waals surface area contributed by atoms with E-state index in [1.807, 2.05) is 23.0 Å². The van der Waals surface area contributed by atoms with E-state index in [-0.39, 0.29) is 6.04 Å². The van der Waals surface area contributed by atoms with E-state index < -0.39 is 5.97 Å². The molecule has 6 nitrogen and oxygen atoms in total. The molecule has 7 heteroatoms. The van der Waals surface area contributed by atoms with E-state index >= 15 is 0 Å². The molecule has 0 saturated heterocycles. The van der Waals surface area contributed by atoms with Crippen LogP contribution in [-0.2, 0) is 4.79 Å². The van der Waals surface area contributed by atoms with E-state index in [9.17, 15) is 0 Å². The van der Waals surface area contributed by atoms with Crippen LogP contribution in [0, 0.1) is 0 Å². The minimum atomic E-state index is -0.833. The van der Waals surface area contributed by atoms with Crippen LogP contribution in [0.25, 0.3) is 0 Å². The number of aliphatic carboxylic acids is 1. The topological polar surface area (TPSA) is 102 Å². The van der Waals surface area contributed by atoms with Crippen LogP contribution < -0.4 is 5.48 Å². The zero-order valence-electron chi connectivity index (χ0n) is 8.91. The quantitative estimate of drug-likeness (QED) is 0.366. The van der Waals surface area contributed by atoms with Gasteiger partial charge in [0.05, 0.1) is 10.9 Å². The summed E-state index contributed by atoms with van der Waals surface area (Å²) in [4.78, 5) is 9.84. The number of nitrogens with one attached hydrogen (secondary N) is 1. The molecule has 90 valence electrons. The molecule has 0 radical (unpaired) electrons. The molecule has 0 spiro atoms. The van der Waals surface area contributed by atoms with Crippen molar-refractivity contribution in [2.24, 2.45) is 5.16 Å². The summed E-state index contributed by atoms with van der Waals surface area (Å²) in [6.45, 7) is 2.79. The Labute approximate surface area is 96.8 Å². The maximum Gasteiger partial charge on any atom is 0.300 e. The fourth-order valence-electron chi connectivity index (χ4n) is 0.835. The number of thiophene rings is 1. The normalized spacial score (nSPS) is 12.6. The van der Waals surface area contributed by atoms with Crippen LogP contribution in [0.2, 0.25) is 0 Å². The van der Waals surface area contributed by atoms with Crippen molar-refractivity contribution in [1.29, 1.82) is 0 Å². The number of hydroxylamine groups is 1. The Bertz CT molecular complexity index is 333. The highest BCUT2D eigenvalue weighted by Gasteiger charge is 2.12.